The second kappa shape index (κ2) is 8.12. The monoisotopic (exact) mass is 309 g/mol. The van der Waals surface area contributed by atoms with E-state index in [1.54, 1.807) is 6.20 Å². The van der Waals surface area contributed by atoms with Gasteiger partial charge in [0, 0.05) is 34.0 Å². The first-order valence-corrected chi connectivity index (χ1v) is 8.88. The Morgan fingerprint density at radius 1 is 1.43 bits per heavy atom. The maximum atomic E-state index is 11.9. The quantitative estimate of drug-likeness (QED) is 0.873. The number of urea groups is 1. The molecule has 1 heterocycles. The Kier molecular flexibility index (Phi) is 6.17. The third kappa shape index (κ3) is 5.12. The Morgan fingerprint density at radius 2 is 2.29 bits per heavy atom. The van der Waals surface area contributed by atoms with Gasteiger partial charge in [-0.15, -0.1) is 0 Å². The average Bonchev–Trinajstić information content (AvgIpc) is 2.53. The van der Waals surface area contributed by atoms with Crippen LogP contribution in [-0.2, 0) is 17.3 Å². The second-order valence-corrected chi connectivity index (χ2v) is 7.31. The highest BCUT2D eigenvalue weighted by Crippen LogP contribution is 2.22. The number of nitrogens with one attached hydrogen (secondary N) is 2. The second-order valence-electron chi connectivity index (χ2n) is 5.30. The summed E-state index contributed by atoms with van der Waals surface area (Å²) in [4.78, 5) is 16.1. The van der Waals surface area contributed by atoms with E-state index < -0.39 is 10.8 Å². The van der Waals surface area contributed by atoms with Crippen LogP contribution in [0, 0.1) is 0 Å². The maximum Gasteiger partial charge on any atom is 0.315 e. The zero-order valence-corrected chi connectivity index (χ0v) is 13.2. The molecule has 2 N–H and O–H groups in total. The number of carbonyl (C=O) groups excluding carboxylic acids is 1. The van der Waals surface area contributed by atoms with E-state index in [2.05, 4.69) is 15.6 Å². The first kappa shape index (κ1) is 15.9. The molecule has 3 unspecified atom stereocenters. The minimum atomic E-state index is -0.764. The zero-order chi connectivity index (χ0) is 15.1. The number of amides is 2. The van der Waals surface area contributed by atoms with Crippen LogP contribution in [0.2, 0.25) is 0 Å². The number of aromatic nitrogens is 1. The predicted molar refractivity (Wildman–Crippen MR) is 84.3 cm³/mol. The van der Waals surface area contributed by atoms with Gasteiger partial charge in [0.05, 0.1) is 12.2 Å². The van der Waals surface area contributed by atoms with Gasteiger partial charge >= 0.3 is 6.03 Å². The molecule has 5 nitrogen and oxygen atoms in total. The molecule has 2 amide bonds. The van der Waals surface area contributed by atoms with E-state index in [1.807, 2.05) is 25.1 Å². The summed E-state index contributed by atoms with van der Waals surface area (Å²) in [6.07, 6.45) is 5.53. The zero-order valence-electron chi connectivity index (χ0n) is 12.4. The summed E-state index contributed by atoms with van der Waals surface area (Å²) in [7, 11) is -0.764. The molecule has 116 valence electrons. The van der Waals surface area contributed by atoms with Crippen molar-refractivity contribution in [3.05, 3.63) is 30.1 Å². The molecule has 6 heteroatoms. The summed E-state index contributed by atoms with van der Waals surface area (Å²) < 4.78 is 11.9. The highest BCUT2D eigenvalue weighted by atomic mass is 32.2. The van der Waals surface area contributed by atoms with E-state index >= 15 is 0 Å². The van der Waals surface area contributed by atoms with Crippen LogP contribution < -0.4 is 10.6 Å². The number of rotatable bonds is 5. The van der Waals surface area contributed by atoms with Crippen LogP contribution in [0.1, 0.15) is 38.3 Å². The van der Waals surface area contributed by atoms with Crippen molar-refractivity contribution in [1.29, 1.82) is 0 Å². The van der Waals surface area contributed by atoms with Gasteiger partial charge in [0.2, 0.25) is 0 Å². The molecule has 1 aromatic heterocycles. The van der Waals surface area contributed by atoms with Gasteiger partial charge in [-0.05, 0) is 31.4 Å². The van der Waals surface area contributed by atoms with Gasteiger partial charge in [-0.1, -0.05) is 19.4 Å². The first-order chi connectivity index (χ1) is 10.2. The Morgan fingerprint density at radius 3 is 3.00 bits per heavy atom. The molecule has 2 rings (SSSR count). The van der Waals surface area contributed by atoms with Gasteiger partial charge in [-0.3, -0.25) is 9.19 Å². The van der Waals surface area contributed by atoms with Crippen molar-refractivity contribution in [2.45, 2.75) is 50.4 Å². The number of hydrogen-bond donors (Lipinski definition) is 2. The molecule has 0 bridgehead atoms. The Labute approximate surface area is 128 Å². The van der Waals surface area contributed by atoms with Gasteiger partial charge in [-0.25, -0.2) is 4.79 Å². The predicted octanol–water partition coefficient (Wildman–Crippen LogP) is 1.96. The lowest BCUT2D eigenvalue weighted by atomic mass is 9.95. The third-order valence-corrected chi connectivity index (χ3v) is 5.51. The SMILES string of the molecule is CCS(=O)C1CCCC(NC(=O)NCc2ccccn2)C1. The average molecular weight is 309 g/mol. The molecule has 1 saturated carbocycles. The minimum Gasteiger partial charge on any atom is -0.335 e. The normalized spacial score (nSPS) is 23.3. The summed E-state index contributed by atoms with van der Waals surface area (Å²) in [6.45, 7) is 2.37. The van der Waals surface area contributed by atoms with Crippen LogP contribution in [-0.4, -0.2) is 32.3 Å². The lowest BCUT2D eigenvalue weighted by Crippen LogP contribution is -2.45. The largest absolute Gasteiger partial charge is 0.335 e. The molecule has 0 radical (unpaired) electrons. The fourth-order valence-corrected chi connectivity index (χ4v) is 4.01. The molecule has 1 aliphatic rings. The molecule has 0 saturated heterocycles. The van der Waals surface area contributed by atoms with E-state index in [-0.39, 0.29) is 17.3 Å². The highest BCUT2D eigenvalue weighted by Gasteiger charge is 2.26. The summed E-state index contributed by atoms with van der Waals surface area (Å²) >= 11 is 0. The molecule has 1 aliphatic carbocycles. The van der Waals surface area contributed by atoms with E-state index in [0.29, 0.717) is 12.3 Å². The van der Waals surface area contributed by atoms with Crippen molar-refractivity contribution < 1.29 is 9.00 Å². The van der Waals surface area contributed by atoms with E-state index in [1.165, 1.54) is 0 Å². The van der Waals surface area contributed by atoms with Gasteiger partial charge in [0.1, 0.15) is 0 Å². The molecular weight excluding hydrogens is 286 g/mol. The Hall–Kier alpha value is -1.43. The topological polar surface area (TPSA) is 71.1 Å². The summed E-state index contributed by atoms with van der Waals surface area (Å²) in [5.41, 5.74) is 0.834. The van der Waals surface area contributed by atoms with Crippen molar-refractivity contribution in [3.8, 4) is 0 Å². The molecule has 3 atom stereocenters. The van der Waals surface area contributed by atoms with Crippen LogP contribution in [0.3, 0.4) is 0 Å². The number of nitrogens with zero attached hydrogens (tertiary/aromatic N) is 1. The number of pyridine rings is 1. The van der Waals surface area contributed by atoms with Crippen molar-refractivity contribution in [2.24, 2.45) is 0 Å². The van der Waals surface area contributed by atoms with Gasteiger partial charge < -0.3 is 10.6 Å². The van der Waals surface area contributed by atoms with E-state index in [4.69, 9.17) is 0 Å². The van der Waals surface area contributed by atoms with Gasteiger partial charge in [-0.2, -0.15) is 0 Å². The van der Waals surface area contributed by atoms with Crippen LogP contribution in [0.5, 0.6) is 0 Å². The van der Waals surface area contributed by atoms with Crippen LogP contribution in [0.15, 0.2) is 24.4 Å². The van der Waals surface area contributed by atoms with Gasteiger partial charge in [0.15, 0.2) is 0 Å². The summed E-state index contributed by atoms with van der Waals surface area (Å²) in [6, 6.07) is 5.57. The molecular formula is C15H23N3O2S. The molecule has 0 aliphatic heterocycles. The van der Waals surface area contributed by atoms with Crippen molar-refractivity contribution in [3.63, 3.8) is 0 Å². The molecule has 21 heavy (non-hydrogen) atoms. The lowest BCUT2D eigenvalue weighted by Gasteiger charge is -2.29. The fourth-order valence-electron chi connectivity index (χ4n) is 2.66. The molecule has 1 aromatic rings. The lowest BCUT2D eigenvalue weighted by molar-refractivity contribution is 0.232. The van der Waals surface area contributed by atoms with Crippen LogP contribution in [0.4, 0.5) is 4.79 Å². The summed E-state index contributed by atoms with van der Waals surface area (Å²) in [5, 5.41) is 6.03. The van der Waals surface area contributed by atoms with E-state index in [9.17, 15) is 9.00 Å². The van der Waals surface area contributed by atoms with Gasteiger partial charge in [0.25, 0.3) is 0 Å². The minimum absolute atomic E-state index is 0.128. The van der Waals surface area contributed by atoms with E-state index in [0.717, 1.165) is 31.4 Å². The number of hydrogen-bond acceptors (Lipinski definition) is 3. The smallest absolute Gasteiger partial charge is 0.315 e. The van der Waals surface area contributed by atoms with Crippen molar-refractivity contribution in [2.75, 3.05) is 5.75 Å². The summed E-state index contributed by atoms with van der Waals surface area (Å²) in [5.74, 6) is 0.698. The van der Waals surface area contributed by atoms with Crippen molar-refractivity contribution in [1.82, 2.24) is 15.6 Å². The van der Waals surface area contributed by atoms with Crippen molar-refractivity contribution >= 4 is 16.8 Å². The maximum absolute atomic E-state index is 11.9. The molecule has 1 fully saturated rings. The fraction of sp³-hybridized carbons (Fsp3) is 0.600. The standard InChI is InChI=1S/C15H23N3O2S/c1-2-21(20)14-8-5-7-12(10-14)18-15(19)17-11-13-6-3-4-9-16-13/h3-4,6,9,12,14H,2,5,7-8,10-11H2,1H3,(H2,17,18,19). The number of carbonyl (C=O) groups is 1. The van der Waals surface area contributed by atoms with Crippen LogP contribution in [0.25, 0.3) is 0 Å². The third-order valence-electron chi connectivity index (χ3n) is 3.77. The Bertz CT molecular complexity index is 481. The Balaban J connectivity index is 1.76. The van der Waals surface area contributed by atoms with Crippen LogP contribution >= 0.6 is 0 Å². The molecule has 0 aromatic carbocycles. The highest BCUT2D eigenvalue weighted by molar-refractivity contribution is 7.85. The first-order valence-electron chi connectivity index (χ1n) is 7.50. The molecule has 0 spiro atoms.